The Morgan fingerprint density at radius 2 is 1.90 bits per heavy atom. The van der Waals surface area contributed by atoms with Crippen molar-refractivity contribution in [1.29, 1.82) is 0 Å². The van der Waals surface area contributed by atoms with E-state index in [1.807, 2.05) is 0 Å². The third-order valence-corrected chi connectivity index (χ3v) is 5.64. The summed E-state index contributed by atoms with van der Waals surface area (Å²) in [4.78, 5) is 2.57. The fraction of sp³-hybridized carbons (Fsp3) is 1.00. The van der Waals surface area contributed by atoms with Crippen molar-refractivity contribution in [3.63, 3.8) is 0 Å². The van der Waals surface area contributed by atoms with Crippen molar-refractivity contribution in [2.24, 2.45) is 17.1 Å². The monoisotopic (exact) mass is 282 g/mol. The van der Waals surface area contributed by atoms with E-state index in [9.17, 15) is 5.11 Å². The molecule has 118 valence electrons. The first-order valence-corrected chi connectivity index (χ1v) is 8.74. The summed E-state index contributed by atoms with van der Waals surface area (Å²) in [5, 5.41) is 9.43. The lowest BCUT2D eigenvalue weighted by Crippen LogP contribution is -2.50. The highest BCUT2D eigenvalue weighted by atomic mass is 16.3. The maximum atomic E-state index is 9.43. The summed E-state index contributed by atoms with van der Waals surface area (Å²) in [5.41, 5.74) is 6.50. The minimum absolute atomic E-state index is 0.284. The van der Waals surface area contributed by atoms with Crippen LogP contribution in [0.5, 0.6) is 0 Å². The normalized spacial score (nSPS) is 32.7. The van der Waals surface area contributed by atoms with Gasteiger partial charge in [-0.2, -0.15) is 0 Å². The second kappa shape index (κ2) is 7.77. The van der Waals surface area contributed by atoms with E-state index in [4.69, 9.17) is 5.73 Å². The van der Waals surface area contributed by atoms with Crippen LogP contribution in [0.2, 0.25) is 0 Å². The number of hydrogen-bond acceptors (Lipinski definition) is 3. The molecule has 2 unspecified atom stereocenters. The van der Waals surface area contributed by atoms with Gasteiger partial charge in [0.2, 0.25) is 0 Å². The summed E-state index contributed by atoms with van der Waals surface area (Å²) < 4.78 is 0. The molecule has 0 heterocycles. The zero-order valence-electron chi connectivity index (χ0n) is 13.3. The second-order valence-corrected chi connectivity index (χ2v) is 7.39. The molecule has 3 heteroatoms. The molecule has 0 bridgehead atoms. The number of aliphatic hydroxyl groups excluding tert-OH is 1. The molecule has 3 N–H and O–H groups in total. The summed E-state index contributed by atoms with van der Waals surface area (Å²) in [6.45, 7) is 5.42. The van der Waals surface area contributed by atoms with E-state index in [0.29, 0.717) is 11.5 Å². The average Bonchev–Trinajstić information content (AvgIpc) is 2.48. The molecule has 2 atom stereocenters. The number of hydrogen-bond donors (Lipinski definition) is 2. The van der Waals surface area contributed by atoms with Gasteiger partial charge in [0.1, 0.15) is 0 Å². The van der Waals surface area contributed by atoms with Gasteiger partial charge in [-0.15, -0.1) is 0 Å². The molecule has 2 aliphatic carbocycles. The Balaban J connectivity index is 2.00. The fourth-order valence-corrected chi connectivity index (χ4v) is 4.56. The van der Waals surface area contributed by atoms with Gasteiger partial charge in [0.15, 0.2) is 0 Å². The lowest BCUT2D eigenvalue weighted by Gasteiger charge is -2.45. The van der Waals surface area contributed by atoms with Crippen LogP contribution in [0.25, 0.3) is 0 Å². The molecular weight excluding hydrogens is 248 g/mol. The fourth-order valence-electron chi connectivity index (χ4n) is 4.56. The molecule has 0 amide bonds. The molecule has 0 aromatic carbocycles. The number of nitrogens with two attached hydrogens (primary N) is 1. The maximum absolute atomic E-state index is 9.43. The van der Waals surface area contributed by atoms with Crippen LogP contribution >= 0.6 is 0 Å². The van der Waals surface area contributed by atoms with Gasteiger partial charge in [-0.1, -0.05) is 39.0 Å². The third kappa shape index (κ3) is 4.19. The molecule has 0 aromatic heterocycles. The van der Waals surface area contributed by atoms with Crippen molar-refractivity contribution in [1.82, 2.24) is 4.90 Å². The van der Waals surface area contributed by atoms with Gasteiger partial charge < -0.3 is 10.8 Å². The van der Waals surface area contributed by atoms with Gasteiger partial charge in [-0.3, -0.25) is 4.90 Å². The van der Waals surface area contributed by atoms with E-state index in [2.05, 4.69) is 11.8 Å². The molecule has 2 rings (SSSR count). The molecule has 0 radical (unpaired) electrons. The SMILES string of the molecule is CC1CCCC(CN)(CN(CCO)C2CCCCC2)C1. The van der Waals surface area contributed by atoms with Gasteiger partial charge in [0.25, 0.3) is 0 Å². The van der Waals surface area contributed by atoms with E-state index in [0.717, 1.165) is 25.6 Å². The average molecular weight is 282 g/mol. The van der Waals surface area contributed by atoms with Gasteiger partial charge in [0, 0.05) is 19.1 Å². The summed E-state index contributed by atoms with van der Waals surface area (Å²) >= 11 is 0. The maximum Gasteiger partial charge on any atom is 0.0558 e. The number of nitrogens with zero attached hydrogens (tertiary/aromatic N) is 1. The minimum atomic E-state index is 0.284. The summed E-state index contributed by atoms with van der Waals surface area (Å²) in [6, 6.07) is 0.691. The van der Waals surface area contributed by atoms with Crippen LogP contribution in [-0.2, 0) is 0 Å². The molecule has 2 fully saturated rings. The summed E-state index contributed by atoms with van der Waals surface area (Å²) in [6.07, 6.45) is 12.0. The third-order valence-electron chi connectivity index (χ3n) is 5.64. The molecule has 2 aliphatic rings. The van der Waals surface area contributed by atoms with Crippen LogP contribution in [0, 0.1) is 11.3 Å². The van der Waals surface area contributed by atoms with Gasteiger partial charge in [-0.25, -0.2) is 0 Å². The molecule has 0 spiro atoms. The van der Waals surface area contributed by atoms with Crippen LogP contribution in [-0.4, -0.2) is 42.3 Å². The Bertz CT molecular complexity index is 278. The highest BCUT2D eigenvalue weighted by Crippen LogP contribution is 2.40. The predicted molar refractivity (Wildman–Crippen MR) is 84.7 cm³/mol. The first-order chi connectivity index (χ1) is 9.69. The van der Waals surface area contributed by atoms with Gasteiger partial charge in [-0.05, 0) is 43.6 Å². The van der Waals surface area contributed by atoms with Crippen molar-refractivity contribution in [3.8, 4) is 0 Å². The molecule has 20 heavy (non-hydrogen) atoms. The topological polar surface area (TPSA) is 49.5 Å². The number of rotatable bonds is 6. The quantitative estimate of drug-likeness (QED) is 0.787. The Hall–Kier alpha value is -0.120. The standard InChI is InChI=1S/C17H34N2O/c1-15-6-5-9-17(12-15,13-18)14-19(10-11-20)16-7-3-2-4-8-16/h15-16,20H,2-14,18H2,1H3. The van der Waals surface area contributed by atoms with Crippen molar-refractivity contribution < 1.29 is 5.11 Å². The van der Waals surface area contributed by atoms with Crippen molar-refractivity contribution in [2.45, 2.75) is 70.8 Å². The zero-order chi connectivity index (χ0) is 14.4. The van der Waals surface area contributed by atoms with E-state index in [-0.39, 0.29) is 6.61 Å². The van der Waals surface area contributed by atoms with Gasteiger partial charge in [0.05, 0.1) is 6.61 Å². The highest BCUT2D eigenvalue weighted by molar-refractivity contribution is 4.91. The lowest BCUT2D eigenvalue weighted by atomic mass is 9.69. The van der Waals surface area contributed by atoms with Crippen LogP contribution in [0.3, 0.4) is 0 Å². The van der Waals surface area contributed by atoms with Crippen molar-refractivity contribution in [2.75, 3.05) is 26.2 Å². The van der Waals surface area contributed by atoms with E-state index >= 15 is 0 Å². The largest absolute Gasteiger partial charge is 0.395 e. The van der Waals surface area contributed by atoms with E-state index in [1.54, 1.807) is 0 Å². The smallest absolute Gasteiger partial charge is 0.0558 e. The molecule has 0 aromatic rings. The van der Waals surface area contributed by atoms with Crippen molar-refractivity contribution in [3.05, 3.63) is 0 Å². The van der Waals surface area contributed by atoms with Crippen LogP contribution in [0.4, 0.5) is 0 Å². The Labute approximate surface area is 124 Å². The first kappa shape index (κ1) is 16.3. The Morgan fingerprint density at radius 1 is 1.15 bits per heavy atom. The van der Waals surface area contributed by atoms with Gasteiger partial charge >= 0.3 is 0 Å². The van der Waals surface area contributed by atoms with E-state index < -0.39 is 0 Å². The lowest BCUT2D eigenvalue weighted by molar-refractivity contribution is 0.0416. The molecule has 0 aliphatic heterocycles. The van der Waals surface area contributed by atoms with Crippen molar-refractivity contribution >= 4 is 0 Å². The molecule has 0 saturated heterocycles. The second-order valence-electron chi connectivity index (χ2n) is 7.39. The molecule has 2 saturated carbocycles. The zero-order valence-corrected chi connectivity index (χ0v) is 13.3. The molecular formula is C17H34N2O. The minimum Gasteiger partial charge on any atom is -0.395 e. The van der Waals surface area contributed by atoms with Crippen LogP contribution in [0.1, 0.15) is 64.7 Å². The van der Waals surface area contributed by atoms with Crippen LogP contribution < -0.4 is 5.73 Å². The van der Waals surface area contributed by atoms with E-state index in [1.165, 1.54) is 57.8 Å². The predicted octanol–water partition coefficient (Wildman–Crippen LogP) is 2.77. The first-order valence-electron chi connectivity index (χ1n) is 8.74. The summed E-state index contributed by atoms with van der Waals surface area (Å²) in [5.74, 6) is 0.814. The Kier molecular flexibility index (Phi) is 6.31. The summed E-state index contributed by atoms with van der Waals surface area (Å²) in [7, 11) is 0. The Morgan fingerprint density at radius 3 is 2.50 bits per heavy atom. The highest BCUT2D eigenvalue weighted by Gasteiger charge is 2.36. The molecule has 3 nitrogen and oxygen atoms in total. The van der Waals surface area contributed by atoms with Crippen LogP contribution in [0.15, 0.2) is 0 Å². The number of aliphatic hydroxyl groups is 1.